The highest BCUT2D eigenvalue weighted by Gasteiger charge is 2.14. The molecule has 1 aliphatic rings. The SMILES string of the molecule is O=C(O)Cn1cccc1C(=O)NCCN1CCCC1. The number of hydrogen-bond acceptors (Lipinski definition) is 3. The number of likely N-dealkylation sites (tertiary alicyclic amines) is 1. The molecule has 104 valence electrons. The van der Waals surface area contributed by atoms with Gasteiger partial charge in [0.1, 0.15) is 12.2 Å². The van der Waals surface area contributed by atoms with Gasteiger partial charge in [-0.15, -0.1) is 0 Å². The lowest BCUT2D eigenvalue weighted by Gasteiger charge is -2.15. The number of carboxylic acids is 1. The highest BCUT2D eigenvalue weighted by Crippen LogP contribution is 2.06. The van der Waals surface area contributed by atoms with Gasteiger partial charge in [0.15, 0.2) is 0 Å². The summed E-state index contributed by atoms with van der Waals surface area (Å²) in [6.07, 6.45) is 4.06. The number of carbonyl (C=O) groups excluding carboxylic acids is 1. The monoisotopic (exact) mass is 265 g/mol. The topological polar surface area (TPSA) is 74.6 Å². The Morgan fingerprint density at radius 3 is 2.74 bits per heavy atom. The third kappa shape index (κ3) is 3.82. The van der Waals surface area contributed by atoms with Crippen LogP contribution in [0.3, 0.4) is 0 Å². The quantitative estimate of drug-likeness (QED) is 0.780. The Labute approximate surface area is 112 Å². The van der Waals surface area contributed by atoms with Gasteiger partial charge in [0.05, 0.1) is 0 Å². The van der Waals surface area contributed by atoms with Crippen molar-refractivity contribution in [2.45, 2.75) is 19.4 Å². The fraction of sp³-hybridized carbons (Fsp3) is 0.538. The van der Waals surface area contributed by atoms with Gasteiger partial charge in [-0.3, -0.25) is 9.59 Å². The molecule has 2 heterocycles. The molecule has 2 N–H and O–H groups in total. The Morgan fingerprint density at radius 1 is 1.32 bits per heavy atom. The third-order valence-electron chi connectivity index (χ3n) is 3.28. The third-order valence-corrected chi connectivity index (χ3v) is 3.28. The van der Waals surface area contributed by atoms with Gasteiger partial charge in [0.2, 0.25) is 0 Å². The van der Waals surface area contributed by atoms with Gasteiger partial charge in [-0.2, -0.15) is 0 Å². The molecule has 6 nitrogen and oxygen atoms in total. The van der Waals surface area contributed by atoms with Gasteiger partial charge < -0.3 is 19.9 Å². The zero-order valence-corrected chi connectivity index (χ0v) is 10.8. The van der Waals surface area contributed by atoms with Crippen molar-refractivity contribution in [3.05, 3.63) is 24.0 Å². The predicted molar refractivity (Wildman–Crippen MR) is 70.1 cm³/mol. The predicted octanol–water partition coefficient (Wildman–Crippen LogP) is 0.398. The summed E-state index contributed by atoms with van der Waals surface area (Å²) in [7, 11) is 0. The summed E-state index contributed by atoms with van der Waals surface area (Å²) >= 11 is 0. The van der Waals surface area contributed by atoms with Crippen molar-refractivity contribution in [1.29, 1.82) is 0 Å². The molecule has 0 aromatic carbocycles. The molecular formula is C13H19N3O3. The summed E-state index contributed by atoms with van der Waals surface area (Å²) in [4.78, 5) is 24.9. The van der Waals surface area contributed by atoms with Gasteiger partial charge in [-0.25, -0.2) is 0 Å². The Kier molecular flexibility index (Phi) is 4.57. The zero-order chi connectivity index (χ0) is 13.7. The normalized spacial score (nSPS) is 15.6. The van der Waals surface area contributed by atoms with E-state index in [1.807, 2.05) is 0 Å². The molecule has 0 saturated carbocycles. The maximum absolute atomic E-state index is 11.9. The minimum atomic E-state index is -0.956. The molecule has 1 amide bonds. The van der Waals surface area contributed by atoms with E-state index in [0.29, 0.717) is 12.2 Å². The largest absolute Gasteiger partial charge is 0.480 e. The van der Waals surface area contributed by atoms with Crippen LogP contribution in [0, 0.1) is 0 Å². The van der Waals surface area contributed by atoms with Crippen LogP contribution in [0.5, 0.6) is 0 Å². The van der Waals surface area contributed by atoms with E-state index in [4.69, 9.17) is 5.11 Å². The molecule has 0 spiro atoms. The first kappa shape index (κ1) is 13.6. The highest BCUT2D eigenvalue weighted by atomic mass is 16.4. The molecule has 0 atom stereocenters. The lowest BCUT2D eigenvalue weighted by molar-refractivity contribution is -0.137. The van der Waals surface area contributed by atoms with E-state index in [0.717, 1.165) is 19.6 Å². The van der Waals surface area contributed by atoms with Crippen LogP contribution < -0.4 is 5.32 Å². The number of amides is 1. The Bertz CT molecular complexity index is 450. The average molecular weight is 265 g/mol. The molecule has 2 rings (SSSR count). The van der Waals surface area contributed by atoms with Crippen LogP contribution in [-0.2, 0) is 11.3 Å². The molecule has 0 bridgehead atoms. The second-order valence-electron chi connectivity index (χ2n) is 4.72. The molecule has 1 aromatic heterocycles. The van der Waals surface area contributed by atoms with Crippen molar-refractivity contribution in [1.82, 2.24) is 14.8 Å². The van der Waals surface area contributed by atoms with E-state index >= 15 is 0 Å². The maximum Gasteiger partial charge on any atom is 0.323 e. The van der Waals surface area contributed by atoms with E-state index in [2.05, 4.69) is 10.2 Å². The lowest BCUT2D eigenvalue weighted by Crippen LogP contribution is -2.34. The summed E-state index contributed by atoms with van der Waals surface area (Å²) < 4.78 is 1.44. The second kappa shape index (κ2) is 6.38. The van der Waals surface area contributed by atoms with Crippen molar-refractivity contribution in [3.63, 3.8) is 0 Å². The molecule has 1 aliphatic heterocycles. The second-order valence-corrected chi connectivity index (χ2v) is 4.72. The molecular weight excluding hydrogens is 246 g/mol. The van der Waals surface area contributed by atoms with Crippen molar-refractivity contribution in [2.24, 2.45) is 0 Å². The van der Waals surface area contributed by atoms with Crippen molar-refractivity contribution in [2.75, 3.05) is 26.2 Å². The van der Waals surface area contributed by atoms with Gasteiger partial charge in [-0.05, 0) is 38.1 Å². The number of hydrogen-bond donors (Lipinski definition) is 2. The lowest BCUT2D eigenvalue weighted by atomic mass is 10.4. The Balaban J connectivity index is 1.82. The van der Waals surface area contributed by atoms with Crippen LogP contribution in [-0.4, -0.2) is 52.6 Å². The summed E-state index contributed by atoms with van der Waals surface area (Å²) in [6.45, 7) is 3.46. The smallest absolute Gasteiger partial charge is 0.323 e. The summed E-state index contributed by atoms with van der Waals surface area (Å²) in [5.41, 5.74) is 0.392. The van der Waals surface area contributed by atoms with Crippen LogP contribution in [0.1, 0.15) is 23.3 Å². The Morgan fingerprint density at radius 2 is 2.05 bits per heavy atom. The van der Waals surface area contributed by atoms with Crippen LogP contribution in [0.4, 0.5) is 0 Å². The van der Waals surface area contributed by atoms with E-state index in [9.17, 15) is 9.59 Å². The van der Waals surface area contributed by atoms with Gasteiger partial charge in [0.25, 0.3) is 5.91 Å². The van der Waals surface area contributed by atoms with Crippen molar-refractivity contribution in [3.8, 4) is 0 Å². The van der Waals surface area contributed by atoms with E-state index in [1.165, 1.54) is 17.4 Å². The van der Waals surface area contributed by atoms with Crippen LogP contribution >= 0.6 is 0 Å². The fourth-order valence-corrected chi connectivity index (χ4v) is 2.33. The standard InChI is InChI=1S/C13H19N3O3/c17-12(18)10-16-8-3-4-11(16)13(19)14-5-9-15-6-1-2-7-15/h3-4,8H,1-2,5-7,9-10H2,(H,14,19)(H,17,18). The minimum Gasteiger partial charge on any atom is -0.480 e. The van der Waals surface area contributed by atoms with E-state index in [1.54, 1.807) is 18.3 Å². The number of nitrogens with one attached hydrogen (secondary N) is 1. The molecule has 0 radical (unpaired) electrons. The summed E-state index contributed by atoms with van der Waals surface area (Å²) in [6, 6.07) is 3.31. The van der Waals surface area contributed by atoms with Crippen LogP contribution in [0.2, 0.25) is 0 Å². The molecule has 1 fully saturated rings. The maximum atomic E-state index is 11.9. The summed E-state index contributed by atoms with van der Waals surface area (Å²) in [5, 5.41) is 11.6. The number of aliphatic carboxylic acids is 1. The van der Waals surface area contributed by atoms with Crippen LogP contribution in [0.25, 0.3) is 0 Å². The molecule has 0 aliphatic carbocycles. The van der Waals surface area contributed by atoms with Gasteiger partial charge in [0, 0.05) is 19.3 Å². The summed E-state index contributed by atoms with van der Waals surface area (Å²) in [5.74, 6) is -1.17. The number of aromatic nitrogens is 1. The first-order valence-electron chi connectivity index (χ1n) is 6.54. The van der Waals surface area contributed by atoms with Crippen molar-refractivity contribution < 1.29 is 14.7 Å². The molecule has 0 unspecified atom stereocenters. The molecule has 1 saturated heterocycles. The molecule has 1 aromatic rings. The first-order chi connectivity index (χ1) is 9.16. The number of nitrogens with zero attached hydrogens (tertiary/aromatic N) is 2. The fourth-order valence-electron chi connectivity index (χ4n) is 2.33. The zero-order valence-electron chi connectivity index (χ0n) is 10.8. The first-order valence-corrected chi connectivity index (χ1v) is 6.54. The van der Waals surface area contributed by atoms with E-state index < -0.39 is 5.97 Å². The highest BCUT2D eigenvalue weighted by molar-refractivity contribution is 5.93. The van der Waals surface area contributed by atoms with Gasteiger partial charge in [-0.1, -0.05) is 0 Å². The molecule has 19 heavy (non-hydrogen) atoms. The molecule has 6 heteroatoms. The van der Waals surface area contributed by atoms with Gasteiger partial charge >= 0.3 is 5.97 Å². The number of rotatable bonds is 6. The van der Waals surface area contributed by atoms with Crippen LogP contribution in [0.15, 0.2) is 18.3 Å². The Hall–Kier alpha value is -1.82. The van der Waals surface area contributed by atoms with Crippen molar-refractivity contribution >= 4 is 11.9 Å². The average Bonchev–Trinajstić information content (AvgIpc) is 2.99. The van der Waals surface area contributed by atoms with E-state index in [-0.39, 0.29) is 12.5 Å². The number of carbonyl (C=O) groups is 2. The number of carboxylic acid groups (broad SMARTS) is 1. The minimum absolute atomic E-state index is 0.193.